The van der Waals surface area contributed by atoms with Crippen LogP contribution in [0.2, 0.25) is 0 Å². The molecule has 0 spiro atoms. The van der Waals surface area contributed by atoms with Crippen molar-refractivity contribution in [1.29, 1.82) is 0 Å². The summed E-state index contributed by atoms with van der Waals surface area (Å²) < 4.78 is 9.82. The first-order valence-electron chi connectivity index (χ1n) is 4.54. The van der Waals surface area contributed by atoms with Crippen LogP contribution in [0.15, 0.2) is 11.3 Å². The van der Waals surface area contributed by atoms with Crippen LogP contribution in [0.3, 0.4) is 0 Å². The molecule has 0 aromatic heterocycles. The summed E-state index contributed by atoms with van der Waals surface area (Å²) in [6, 6.07) is 0. The number of carbonyl (C=O) groups is 2. The highest BCUT2D eigenvalue weighted by Gasteiger charge is 2.45. The number of rotatable bonds is 2. The average molecular weight is 213 g/mol. The topological polar surface area (TPSA) is 76.1 Å². The first-order chi connectivity index (χ1) is 7.17. The molecule has 2 rings (SSSR count). The Morgan fingerprint density at radius 1 is 1.73 bits per heavy atom. The molecule has 0 aliphatic carbocycles. The van der Waals surface area contributed by atoms with E-state index in [1.165, 1.54) is 12.0 Å². The number of hydrogen-bond donors (Lipinski definition) is 1. The lowest BCUT2D eigenvalue weighted by Gasteiger charge is -2.30. The van der Waals surface area contributed by atoms with E-state index in [0.717, 1.165) is 0 Å². The summed E-state index contributed by atoms with van der Waals surface area (Å²) in [7, 11) is 1.23. The van der Waals surface area contributed by atoms with Gasteiger partial charge in [0.15, 0.2) is 6.23 Å². The van der Waals surface area contributed by atoms with Crippen LogP contribution >= 0.6 is 0 Å². The fourth-order valence-corrected chi connectivity index (χ4v) is 1.63. The molecule has 2 saturated heterocycles. The highest BCUT2D eigenvalue weighted by atomic mass is 16.5. The summed E-state index contributed by atoms with van der Waals surface area (Å²) in [5.74, 6) is -0.292. The number of amides is 1. The minimum atomic E-state index is -0.623. The Bertz CT molecular complexity index is 348. The monoisotopic (exact) mass is 213 g/mol. The van der Waals surface area contributed by atoms with Crippen LogP contribution in [-0.2, 0) is 19.1 Å². The molecule has 0 aromatic carbocycles. The molecule has 2 heterocycles. The lowest BCUT2D eigenvalue weighted by Crippen LogP contribution is -2.48. The van der Waals surface area contributed by atoms with Crippen molar-refractivity contribution in [2.75, 3.05) is 20.3 Å². The van der Waals surface area contributed by atoms with E-state index >= 15 is 0 Å². The number of ether oxygens (including phenoxy) is 2. The summed E-state index contributed by atoms with van der Waals surface area (Å²) in [6.45, 7) is -0.203. The Kier molecular flexibility index (Phi) is 2.36. The third-order valence-electron chi connectivity index (χ3n) is 2.54. The first-order valence-corrected chi connectivity index (χ1v) is 4.54. The van der Waals surface area contributed by atoms with Gasteiger partial charge in [-0.25, -0.2) is 4.79 Å². The highest BCUT2D eigenvalue weighted by molar-refractivity contribution is 5.90. The molecule has 2 fully saturated rings. The van der Waals surface area contributed by atoms with Gasteiger partial charge in [-0.05, 0) is 0 Å². The van der Waals surface area contributed by atoms with Gasteiger partial charge in [0.25, 0.3) is 0 Å². The number of carbonyl (C=O) groups excluding carboxylic acids is 2. The van der Waals surface area contributed by atoms with Gasteiger partial charge in [-0.1, -0.05) is 0 Å². The van der Waals surface area contributed by atoms with E-state index in [-0.39, 0.29) is 24.3 Å². The summed E-state index contributed by atoms with van der Waals surface area (Å²) in [5.41, 5.74) is 0.0831. The van der Waals surface area contributed by atoms with Crippen molar-refractivity contribution in [2.24, 2.45) is 0 Å². The number of esters is 1. The van der Waals surface area contributed by atoms with E-state index in [1.807, 2.05) is 0 Å². The van der Waals surface area contributed by atoms with Crippen molar-refractivity contribution in [3.63, 3.8) is 0 Å². The molecule has 15 heavy (non-hydrogen) atoms. The largest absolute Gasteiger partial charge is 0.472 e. The molecule has 0 aromatic rings. The third kappa shape index (κ3) is 1.46. The predicted octanol–water partition coefficient (Wildman–Crippen LogP) is -1.01. The fourth-order valence-electron chi connectivity index (χ4n) is 1.63. The van der Waals surface area contributed by atoms with Gasteiger partial charge in [-0.2, -0.15) is 0 Å². The Labute approximate surface area is 86.1 Å². The van der Waals surface area contributed by atoms with Crippen molar-refractivity contribution >= 4 is 11.9 Å². The van der Waals surface area contributed by atoms with Gasteiger partial charge in [0.2, 0.25) is 5.91 Å². The van der Waals surface area contributed by atoms with Gasteiger partial charge < -0.3 is 14.6 Å². The number of fused-ring (bicyclic) bond motifs is 1. The molecule has 2 aliphatic rings. The van der Waals surface area contributed by atoms with Crippen molar-refractivity contribution in [3.8, 4) is 0 Å². The van der Waals surface area contributed by atoms with E-state index in [9.17, 15) is 9.59 Å². The van der Waals surface area contributed by atoms with Gasteiger partial charge in [0.1, 0.15) is 11.3 Å². The molecular formula is C9H11NO5. The molecule has 1 unspecified atom stereocenters. The number of nitrogens with zero attached hydrogens (tertiary/aromatic N) is 1. The minimum absolute atomic E-state index is 0.00263. The fraction of sp³-hybridized carbons (Fsp3) is 0.556. The smallest absolute Gasteiger partial charge is 0.339 e. The lowest BCUT2D eigenvalue weighted by atomic mass is 10.2. The summed E-state index contributed by atoms with van der Waals surface area (Å²) in [5, 5.41) is 9.00. The van der Waals surface area contributed by atoms with Crippen LogP contribution in [-0.4, -0.2) is 48.4 Å². The van der Waals surface area contributed by atoms with Crippen molar-refractivity contribution in [3.05, 3.63) is 11.3 Å². The van der Waals surface area contributed by atoms with E-state index in [0.29, 0.717) is 12.2 Å². The maximum absolute atomic E-state index is 11.2. The van der Waals surface area contributed by atoms with Gasteiger partial charge in [0, 0.05) is 0 Å². The van der Waals surface area contributed by atoms with Gasteiger partial charge >= 0.3 is 5.97 Å². The first kappa shape index (κ1) is 9.97. The SMILES string of the molecule is COC(=O)/C(CO)=C1\CN2C(=O)CC2O1. The standard InChI is InChI=1S/C9H11NO5/c1-14-9(13)5(4-11)6-3-10-7(12)2-8(10)15-6/h8,11H,2-4H2,1H3/b6-5+. The zero-order chi connectivity index (χ0) is 11.0. The van der Waals surface area contributed by atoms with Crippen LogP contribution in [0.5, 0.6) is 0 Å². The quantitative estimate of drug-likeness (QED) is 0.361. The molecule has 6 heteroatoms. The molecule has 1 amide bonds. The second-order valence-corrected chi connectivity index (χ2v) is 3.35. The maximum atomic E-state index is 11.2. The Hall–Kier alpha value is -1.56. The summed E-state index contributed by atoms with van der Waals surface area (Å²) >= 11 is 0. The molecule has 0 saturated carbocycles. The maximum Gasteiger partial charge on any atom is 0.339 e. The normalized spacial score (nSPS) is 26.7. The van der Waals surface area contributed by atoms with Gasteiger partial charge in [-0.3, -0.25) is 9.69 Å². The van der Waals surface area contributed by atoms with E-state index in [4.69, 9.17) is 9.84 Å². The molecule has 6 nitrogen and oxygen atoms in total. The van der Waals surface area contributed by atoms with Crippen LogP contribution in [0, 0.1) is 0 Å². The van der Waals surface area contributed by atoms with Crippen LogP contribution in [0.25, 0.3) is 0 Å². The van der Waals surface area contributed by atoms with Crippen molar-refractivity contribution in [2.45, 2.75) is 12.6 Å². The van der Waals surface area contributed by atoms with Crippen LogP contribution in [0.1, 0.15) is 6.42 Å². The molecule has 2 aliphatic heterocycles. The minimum Gasteiger partial charge on any atom is -0.472 e. The Morgan fingerprint density at radius 3 is 2.93 bits per heavy atom. The number of β-lactam (4-membered cyclic amide) rings is 1. The van der Waals surface area contributed by atoms with Crippen LogP contribution in [0.4, 0.5) is 0 Å². The molecule has 1 atom stereocenters. The highest BCUT2D eigenvalue weighted by Crippen LogP contribution is 2.32. The molecular weight excluding hydrogens is 202 g/mol. The third-order valence-corrected chi connectivity index (χ3v) is 2.54. The summed E-state index contributed by atoms with van der Waals surface area (Å²) in [4.78, 5) is 23.8. The van der Waals surface area contributed by atoms with E-state index in [1.54, 1.807) is 0 Å². The van der Waals surface area contributed by atoms with Crippen molar-refractivity contribution in [1.82, 2.24) is 4.90 Å². The van der Waals surface area contributed by atoms with E-state index in [2.05, 4.69) is 4.74 Å². The predicted molar refractivity (Wildman–Crippen MR) is 47.3 cm³/mol. The molecule has 82 valence electrons. The number of aliphatic hydroxyl groups excluding tert-OH is 1. The van der Waals surface area contributed by atoms with Gasteiger partial charge in [0.05, 0.1) is 26.7 Å². The zero-order valence-corrected chi connectivity index (χ0v) is 8.23. The number of methoxy groups -OCH3 is 1. The second kappa shape index (κ2) is 3.54. The Balaban J connectivity index is 2.18. The zero-order valence-electron chi connectivity index (χ0n) is 8.23. The van der Waals surface area contributed by atoms with E-state index < -0.39 is 12.6 Å². The number of aliphatic hydroxyl groups is 1. The average Bonchev–Trinajstić information content (AvgIpc) is 2.57. The van der Waals surface area contributed by atoms with Crippen LogP contribution < -0.4 is 0 Å². The van der Waals surface area contributed by atoms with Crippen molar-refractivity contribution < 1.29 is 24.2 Å². The Morgan fingerprint density at radius 2 is 2.47 bits per heavy atom. The molecule has 0 bridgehead atoms. The molecule has 0 radical (unpaired) electrons. The summed E-state index contributed by atoms with van der Waals surface area (Å²) in [6.07, 6.45) is 0.0716. The molecule has 1 N–H and O–H groups in total. The lowest BCUT2D eigenvalue weighted by molar-refractivity contribution is -0.154. The number of hydrogen-bond acceptors (Lipinski definition) is 5. The second-order valence-electron chi connectivity index (χ2n) is 3.35. The van der Waals surface area contributed by atoms with Gasteiger partial charge in [-0.15, -0.1) is 0 Å².